The van der Waals surface area contributed by atoms with Crippen molar-refractivity contribution in [3.05, 3.63) is 24.3 Å². The number of ether oxygens (including phenoxy) is 4. The molecule has 0 aromatic heterocycles. The van der Waals surface area contributed by atoms with Gasteiger partial charge in [0, 0.05) is 71.2 Å². The molecule has 0 radical (unpaired) electrons. The highest BCUT2D eigenvalue weighted by Gasteiger charge is 2.46. The van der Waals surface area contributed by atoms with Gasteiger partial charge in [-0.05, 0) is 111 Å². The van der Waals surface area contributed by atoms with Gasteiger partial charge in [0.15, 0.2) is 0 Å². The van der Waals surface area contributed by atoms with Crippen LogP contribution in [-0.2, 0) is 19.2 Å². The topological polar surface area (TPSA) is 199 Å². The van der Waals surface area contributed by atoms with Gasteiger partial charge in [-0.25, -0.2) is 0 Å². The van der Waals surface area contributed by atoms with E-state index in [1.165, 1.54) is 32.4 Å². The summed E-state index contributed by atoms with van der Waals surface area (Å²) in [6.45, 7) is 32.1. The van der Waals surface area contributed by atoms with Crippen LogP contribution in [0.3, 0.4) is 0 Å². The smallest absolute Gasteiger partial charge is 0.314 e. The molecule has 2 aromatic carbocycles. The van der Waals surface area contributed by atoms with Crippen molar-refractivity contribution >= 4 is 34.6 Å². The van der Waals surface area contributed by atoms with Crippen LogP contribution in [0, 0.1) is 71.0 Å². The average molecular weight is 1040 g/mol. The molecular formula is C58H92N4O12. The fourth-order valence-electron chi connectivity index (χ4n) is 12.4. The van der Waals surface area contributed by atoms with Crippen molar-refractivity contribution in [3.63, 3.8) is 0 Å². The highest BCUT2D eigenvalue weighted by Crippen LogP contribution is 2.45. The van der Waals surface area contributed by atoms with Crippen LogP contribution in [0.5, 0.6) is 23.0 Å². The van der Waals surface area contributed by atoms with Gasteiger partial charge < -0.3 is 39.8 Å². The van der Waals surface area contributed by atoms with E-state index in [4.69, 9.17) is 18.9 Å². The molecule has 16 nitrogen and oxygen atoms in total. The van der Waals surface area contributed by atoms with Gasteiger partial charge >= 0.3 is 23.9 Å². The Morgan fingerprint density at radius 2 is 0.514 bits per heavy atom. The molecule has 4 heterocycles. The third-order valence-electron chi connectivity index (χ3n) is 17.2. The molecule has 4 N–H and O–H groups in total. The molecule has 0 bridgehead atoms. The SMILES string of the molecule is CC(C)C1CC(C(=O)Oc2cc(OC(=O)C3CC(C(C)C)N(O)C(C(C)C)C3)c3cc(OC(=O)C4CC(C(C)C)N(O)C(C(C)C)C4)cc(OC(=O)C4CC(C(C)C)N(O)C(C(C)C)C4)c3c2)CC(C(C)C)N1O. The molecule has 74 heavy (non-hydrogen) atoms. The lowest BCUT2D eigenvalue weighted by Gasteiger charge is -2.44. The predicted octanol–water partition coefficient (Wildman–Crippen LogP) is 11.1. The summed E-state index contributed by atoms with van der Waals surface area (Å²) >= 11 is 0. The maximum Gasteiger partial charge on any atom is 0.314 e. The summed E-state index contributed by atoms with van der Waals surface area (Å²) in [4.78, 5) is 58.4. The van der Waals surface area contributed by atoms with Gasteiger partial charge in [0.05, 0.1) is 23.7 Å². The van der Waals surface area contributed by atoms with Gasteiger partial charge in [-0.3, -0.25) is 19.2 Å². The number of hydrogen-bond acceptors (Lipinski definition) is 16. The second kappa shape index (κ2) is 24.7. The lowest BCUT2D eigenvalue weighted by atomic mass is 9.80. The Labute approximate surface area is 441 Å². The van der Waals surface area contributed by atoms with Crippen molar-refractivity contribution in [3.8, 4) is 23.0 Å². The Bertz CT molecular complexity index is 2040. The molecular weight excluding hydrogens is 945 g/mol. The molecule has 8 unspecified atom stereocenters. The lowest BCUT2D eigenvalue weighted by molar-refractivity contribution is -0.209. The fraction of sp³-hybridized carbons (Fsp3) is 0.759. The van der Waals surface area contributed by atoms with E-state index in [0.717, 1.165) is 0 Å². The van der Waals surface area contributed by atoms with Crippen molar-refractivity contribution in [1.29, 1.82) is 0 Å². The Kier molecular flexibility index (Phi) is 19.9. The van der Waals surface area contributed by atoms with Crippen LogP contribution < -0.4 is 18.9 Å². The molecule has 4 aliphatic heterocycles. The molecule has 2 aromatic rings. The Hall–Kier alpha value is -3.74. The van der Waals surface area contributed by atoms with E-state index in [9.17, 15) is 40.0 Å². The first kappa shape index (κ1) is 59.5. The summed E-state index contributed by atoms with van der Waals surface area (Å²) < 4.78 is 25.5. The van der Waals surface area contributed by atoms with Gasteiger partial charge in [0.1, 0.15) is 23.0 Å². The lowest BCUT2D eigenvalue weighted by Crippen LogP contribution is -2.53. The number of fused-ring (bicyclic) bond motifs is 1. The van der Waals surface area contributed by atoms with E-state index in [1.54, 1.807) is 12.1 Å². The van der Waals surface area contributed by atoms with Crippen molar-refractivity contribution < 1.29 is 59.0 Å². The Morgan fingerprint density at radius 1 is 0.338 bits per heavy atom. The van der Waals surface area contributed by atoms with Crippen LogP contribution in [0.15, 0.2) is 24.3 Å². The number of benzene rings is 2. The van der Waals surface area contributed by atoms with Crippen molar-refractivity contribution in [1.82, 2.24) is 20.3 Å². The number of esters is 4. The quantitative estimate of drug-likeness (QED) is 0.0913. The molecule has 4 aliphatic rings. The van der Waals surface area contributed by atoms with Crippen LogP contribution in [0.25, 0.3) is 10.8 Å². The number of piperidine rings is 4. The predicted molar refractivity (Wildman–Crippen MR) is 281 cm³/mol. The third kappa shape index (κ3) is 13.3. The van der Waals surface area contributed by atoms with Crippen LogP contribution in [0.4, 0.5) is 0 Å². The van der Waals surface area contributed by atoms with Crippen molar-refractivity contribution in [2.24, 2.45) is 71.0 Å². The molecule has 4 fully saturated rings. The van der Waals surface area contributed by atoms with Crippen LogP contribution >= 0.6 is 0 Å². The molecule has 0 saturated carbocycles. The maximum absolute atomic E-state index is 14.7. The largest absolute Gasteiger partial charge is 0.426 e. The molecule has 0 spiro atoms. The van der Waals surface area contributed by atoms with Crippen LogP contribution in [-0.4, -0.2) is 113 Å². The number of carbonyl (C=O) groups excluding carboxylic acids is 4. The molecule has 0 aliphatic carbocycles. The first-order valence-electron chi connectivity index (χ1n) is 28.0. The molecule has 4 saturated heterocycles. The maximum atomic E-state index is 14.7. The minimum Gasteiger partial charge on any atom is -0.426 e. The van der Waals surface area contributed by atoms with Crippen LogP contribution in [0.1, 0.15) is 162 Å². The summed E-state index contributed by atoms with van der Waals surface area (Å²) in [5.41, 5.74) is 0. The van der Waals surface area contributed by atoms with Gasteiger partial charge in [-0.2, -0.15) is 20.3 Å². The average Bonchev–Trinajstić information content (AvgIpc) is 3.31. The highest BCUT2D eigenvalue weighted by atomic mass is 16.6. The highest BCUT2D eigenvalue weighted by molar-refractivity contribution is 5.99. The second-order valence-corrected chi connectivity index (χ2v) is 25.3. The molecule has 6 rings (SSSR count). The number of hydrogen-bond donors (Lipinski definition) is 4. The van der Waals surface area contributed by atoms with E-state index in [1.807, 2.05) is 111 Å². The minimum absolute atomic E-state index is 0.00826. The Morgan fingerprint density at radius 3 is 0.689 bits per heavy atom. The summed E-state index contributed by atoms with van der Waals surface area (Å²) in [6, 6.07) is 3.64. The van der Waals surface area contributed by atoms with E-state index in [-0.39, 0.29) is 129 Å². The number of hydroxylamine groups is 8. The zero-order chi connectivity index (χ0) is 54.9. The summed E-state index contributed by atoms with van der Waals surface area (Å²) in [7, 11) is 0. The normalized spacial score (nSPS) is 30.2. The fourth-order valence-corrected chi connectivity index (χ4v) is 12.4. The molecule has 8 atom stereocenters. The van der Waals surface area contributed by atoms with E-state index < -0.39 is 47.5 Å². The first-order chi connectivity index (χ1) is 34.6. The van der Waals surface area contributed by atoms with Crippen LogP contribution in [0.2, 0.25) is 0 Å². The summed E-state index contributed by atoms with van der Waals surface area (Å²) in [5.74, 6) is -4.25. The monoisotopic (exact) mass is 1040 g/mol. The van der Waals surface area contributed by atoms with Crippen molar-refractivity contribution in [2.75, 3.05) is 0 Å². The van der Waals surface area contributed by atoms with Crippen molar-refractivity contribution in [2.45, 2.75) is 210 Å². The molecule has 416 valence electrons. The number of rotatable bonds is 16. The van der Waals surface area contributed by atoms with Gasteiger partial charge in [-0.1, -0.05) is 111 Å². The first-order valence-corrected chi connectivity index (χ1v) is 28.0. The summed E-state index contributed by atoms with van der Waals surface area (Å²) in [6.07, 6.45) is 2.74. The zero-order valence-electron chi connectivity index (χ0n) is 47.4. The van der Waals surface area contributed by atoms with E-state index in [0.29, 0.717) is 51.4 Å². The standard InChI is InChI=1S/C58H92N4O12/c1-29(2)45-17-37(18-46(30(3)4)59(45)67)55(63)71-41-25-43-44(53(27-41)73-57(65)39-21-49(33(9)10)61(69)50(22-39)34(11)12)26-42(72-56(64)38-19-47(31(5)6)60(68)48(20-38)32(7)8)28-54(43)74-58(66)40-23-51(35(13)14)62(70)52(24-40)36(15)16/h25-40,45-52,67-70H,17-24H2,1-16H3. The Balaban J connectivity index is 1.49. The molecule has 0 amide bonds. The summed E-state index contributed by atoms with van der Waals surface area (Å²) in [5, 5.41) is 51.2. The third-order valence-corrected chi connectivity index (χ3v) is 17.2. The zero-order valence-corrected chi connectivity index (χ0v) is 47.4. The minimum atomic E-state index is -0.622. The van der Waals surface area contributed by atoms with Gasteiger partial charge in [0.2, 0.25) is 0 Å². The van der Waals surface area contributed by atoms with E-state index in [2.05, 4.69) is 0 Å². The van der Waals surface area contributed by atoms with Gasteiger partial charge in [-0.15, -0.1) is 0 Å². The number of carbonyl (C=O) groups is 4. The van der Waals surface area contributed by atoms with E-state index >= 15 is 0 Å². The number of nitrogens with zero attached hydrogens (tertiary/aromatic N) is 4. The second-order valence-electron chi connectivity index (χ2n) is 25.3. The molecule has 16 heteroatoms. The van der Waals surface area contributed by atoms with Gasteiger partial charge in [0.25, 0.3) is 0 Å².